The Balaban J connectivity index is 1.76. The summed E-state index contributed by atoms with van der Waals surface area (Å²) in [7, 11) is 0. The normalized spacial score (nSPS) is 17.5. The van der Waals surface area contributed by atoms with Crippen molar-refractivity contribution in [3.8, 4) is 11.5 Å². The topological polar surface area (TPSA) is 59.9 Å². The lowest BCUT2D eigenvalue weighted by Gasteiger charge is -2.18. The predicted molar refractivity (Wildman–Crippen MR) is 78.7 cm³/mol. The first-order valence-electron chi connectivity index (χ1n) is 6.70. The molecular formula is C16H12N2O3. The van der Waals surface area contributed by atoms with Crippen LogP contribution in [0.2, 0.25) is 0 Å². The first-order chi connectivity index (χ1) is 10.3. The van der Waals surface area contributed by atoms with Gasteiger partial charge >= 0.3 is 0 Å². The molecule has 0 fully saturated rings. The third-order valence-electron chi connectivity index (χ3n) is 3.41. The van der Waals surface area contributed by atoms with Gasteiger partial charge in [0.2, 0.25) is 0 Å². The molecule has 1 N–H and O–H groups in total. The van der Waals surface area contributed by atoms with Gasteiger partial charge in [0.1, 0.15) is 18.9 Å². The lowest BCUT2D eigenvalue weighted by molar-refractivity contribution is -0.110. The summed E-state index contributed by atoms with van der Waals surface area (Å²) in [5.41, 5.74) is 2.69. The highest BCUT2D eigenvalue weighted by Crippen LogP contribution is 2.34. The van der Waals surface area contributed by atoms with E-state index in [1.54, 1.807) is 6.07 Å². The van der Waals surface area contributed by atoms with Crippen LogP contribution in [0.5, 0.6) is 11.5 Å². The van der Waals surface area contributed by atoms with Crippen LogP contribution in [-0.4, -0.2) is 24.8 Å². The number of ether oxygens (including phenoxy) is 2. The third-order valence-corrected chi connectivity index (χ3v) is 3.41. The van der Waals surface area contributed by atoms with Crippen molar-refractivity contribution in [3.63, 3.8) is 0 Å². The zero-order chi connectivity index (χ0) is 14.2. The van der Waals surface area contributed by atoms with Crippen molar-refractivity contribution < 1.29 is 14.3 Å². The van der Waals surface area contributed by atoms with Crippen molar-refractivity contribution >= 4 is 23.0 Å². The van der Waals surface area contributed by atoms with Gasteiger partial charge in [-0.1, -0.05) is 18.2 Å². The van der Waals surface area contributed by atoms with Gasteiger partial charge in [0.05, 0.1) is 11.4 Å². The van der Waals surface area contributed by atoms with Crippen molar-refractivity contribution in [1.29, 1.82) is 0 Å². The molecule has 0 aromatic heterocycles. The molecule has 2 heterocycles. The van der Waals surface area contributed by atoms with E-state index < -0.39 is 0 Å². The lowest BCUT2D eigenvalue weighted by Crippen LogP contribution is -2.15. The summed E-state index contributed by atoms with van der Waals surface area (Å²) < 4.78 is 11.0. The number of hydrogen-bond acceptors (Lipinski definition) is 4. The number of rotatable bonds is 1. The molecule has 2 aromatic rings. The molecule has 104 valence electrons. The number of nitrogens with zero attached hydrogens (tertiary/aromatic N) is 1. The Kier molecular flexibility index (Phi) is 2.64. The fourth-order valence-corrected chi connectivity index (χ4v) is 2.44. The van der Waals surface area contributed by atoms with E-state index in [1.165, 1.54) is 0 Å². The van der Waals surface area contributed by atoms with Gasteiger partial charge < -0.3 is 14.8 Å². The van der Waals surface area contributed by atoms with E-state index in [0.29, 0.717) is 36.1 Å². The molecule has 5 heteroatoms. The van der Waals surface area contributed by atoms with Crippen LogP contribution < -0.4 is 14.8 Å². The minimum atomic E-state index is -0.189. The Morgan fingerprint density at radius 3 is 2.71 bits per heavy atom. The maximum absolute atomic E-state index is 12.0. The molecule has 1 amide bonds. The highest BCUT2D eigenvalue weighted by molar-refractivity contribution is 6.54. The molecule has 0 atom stereocenters. The van der Waals surface area contributed by atoms with Crippen LogP contribution in [0, 0.1) is 0 Å². The molecule has 0 unspecified atom stereocenters. The summed E-state index contributed by atoms with van der Waals surface area (Å²) in [6.45, 7) is 1.08. The fraction of sp³-hybridized carbons (Fsp3) is 0.125. The Labute approximate surface area is 121 Å². The number of amides is 1. The summed E-state index contributed by atoms with van der Waals surface area (Å²) >= 11 is 0. The second-order valence-electron chi connectivity index (χ2n) is 4.79. The van der Waals surface area contributed by atoms with Crippen LogP contribution in [0.4, 0.5) is 11.4 Å². The Morgan fingerprint density at radius 1 is 1.00 bits per heavy atom. The molecule has 4 rings (SSSR count). The zero-order valence-electron chi connectivity index (χ0n) is 11.1. The Hall–Kier alpha value is -2.82. The van der Waals surface area contributed by atoms with E-state index in [-0.39, 0.29) is 5.91 Å². The Bertz CT molecular complexity index is 768. The molecule has 2 aliphatic heterocycles. The molecule has 0 aliphatic carbocycles. The second kappa shape index (κ2) is 4.63. The molecule has 0 bridgehead atoms. The standard InChI is InChI=1S/C16H12N2O3/c19-16-15(11-3-1-2-4-12(11)18-16)17-10-5-6-13-14(9-10)21-8-7-20-13/h1-6,9H,7-8H2,(H,17,18,19). The monoisotopic (exact) mass is 280 g/mol. The van der Waals surface area contributed by atoms with Crippen molar-refractivity contribution in [3.05, 3.63) is 48.0 Å². The van der Waals surface area contributed by atoms with Crippen molar-refractivity contribution in [2.45, 2.75) is 0 Å². The van der Waals surface area contributed by atoms with Crippen LogP contribution in [-0.2, 0) is 4.79 Å². The van der Waals surface area contributed by atoms with Crippen LogP contribution in [0.15, 0.2) is 47.5 Å². The van der Waals surface area contributed by atoms with E-state index >= 15 is 0 Å². The number of carbonyl (C=O) groups excluding carboxylic acids is 1. The highest BCUT2D eigenvalue weighted by atomic mass is 16.6. The van der Waals surface area contributed by atoms with Gasteiger partial charge in [0, 0.05) is 11.6 Å². The summed E-state index contributed by atoms with van der Waals surface area (Å²) in [4.78, 5) is 16.5. The van der Waals surface area contributed by atoms with Gasteiger partial charge in [0.15, 0.2) is 11.5 Å². The number of benzene rings is 2. The van der Waals surface area contributed by atoms with E-state index in [0.717, 1.165) is 11.3 Å². The van der Waals surface area contributed by atoms with E-state index in [9.17, 15) is 4.79 Å². The first-order valence-corrected chi connectivity index (χ1v) is 6.70. The van der Waals surface area contributed by atoms with Gasteiger partial charge in [0.25, 0.3) is 5.91 Å². The summed E-state index contributed by atoms with van der Waals surface area (Å²) in [6, 6.07) is 12.9. The Morgan fingerprint density at radius 2 is 1.81 bits per heavy atom. The van der Waals surface area contributed by atoms with Crippen LogP contribution >= 0.6 is 0 Å². The predicted octanol–water partition coefficient (Wildman–Crippen LogP) is 2.53. The maximum atomic E-state index is 12.0. The highest BCUT2D eigenvalue weighted by Gasteiger charge is 2.25. The van der Waals surface area contributed by atoms with Gasteiger partial charge in [-0.3, -0.25) is 4.79 Å². The summed E-state index contributed by atoms with van der Waals surface area (Å²) in [5, 5.41) is 2.80. The average molecular weight is 280 g/mol. The SMILES string of the molecule is O=C1Nc2ccccc2C1=Nc1ccc2c(c1)OCCO2. The summed E-state index contributed by atoms with van der Waals surface area (Å²) in [6.07, 6.45) is 0. The molecule has 0 saturated heterocycles. The number of fused-ring (bicyclic) bond motifs is 2. The van der Waals surface area contributed by atoms with Crippen LogP contribution in [0.25, 0.3) is 0 Å². The van der Waals surface area contributed by atoms with E-state index in [2.05, 4.69) is 10.3 Å². The zero-order valence-corrected chi connectivity index (χ0v) is 11.1. The third kappa shape index (κ3) is 2.03. The van der Waals surface area contributed by atoms with Gasteiger partial charge in [-0.2, -0.15) is 0 Å². The maximum Gasteiger partial charge on any atom is 0.275 e. The van der Waals surface area contributed by atoms with E-state index in [1.807, 2.05) is 36.4 Å². The molecule has 2 aliphatic rings. The number of anilines is 1. The second-order valence-corrected chi connectivity index (χ2v) is 4.79. The number of para-hydroxylation sites is 1. The number of nitrogens with one attached hydrogen (secondary N) is 1. The molecule has 0 spiro atoms. The van der Waals surface area contributed by atoms with Gasteiger partial charge in [-0.05, 0) is 18.2 Å². The number of hydrogen-bond donors (Lipinski definition) is 1. The van der Waals surface area contributed by atoms with Crippen LogP contribution in [0.3, 0.4) is 0 Å². The average Bonchev–Trinajstić information content (AvgIpc) is 2.83. The quantitative estimate of drug-likeness (QED) is 0.873. The molecule has 0 radical (unpaired) electrons. The first kappa shape index (κ1) is 12.0. The van der Waals surface area contributed by atoms with Crippen molar-refractivity contribution in [2.75, 3.05) is 18.5 Å². The molecule has 2 aromatic carbocycles. The van der Waals surface area contributed by atoms with Gasteiger partial charge in [-0.15, -0.1) is 0 Å². The lowest BCUT2D eigenvalue weighted by atomic mass is 10.1. The van der Waals surface area contributed by atoms with Gasteiger partial charge in [-0.25, -0.2) is 4.99 Å². The van der Waals surface area contributed by atoms with E-state index in [4.69, 9.17) is 9.47 Å². The minimum absolute atomic E-state index is 0.189. The van der Waals surface area contributed by atoms with Crippen LogP contribution in [0.1, 0.15) is 5.56 Å². The molecule has 0 saturated carbocycles. The molecule has 5 nitrogen and oxygen atoms in total. The smallest absolute Gasteiger partial charge is 0.275 e. The number of aliphatic imine (C=N–C) groups is 1. The minimum Gasteiger partial charge on any atom is -0.486 e. The van der Waals surface area contributed by atoms with Crippen molar-refractivity contribution in [2.24, 2.45) is 4.99 Å². The summed E-state index contributed by atoms with van der Waals surface area (Å²) in [5.74, 6) is 1.18. The largest absolute Gasteiger partial charge is 0.486 e. The molecule has 21 heavy (non-hydrogen) atoms. The fourth-order valence-electron chi connectivity index (χ4n) is 2.44. The van der Waals surface area contributed by atoms with Crippen molar-refractivity contribution in [1.82, 2.24) is 0 Å². The number of carbonyl (C=O) groups is 1. The molecular weight excluding hydrogens is 268 g/mol.